The Kier molecular flexibility index (Phi) is 10.6. The van der Waals surface area contributed by atoms with E-state index in [-0.39, 0.29) is 37.1 Å². The SMILES string of the molecule is COc1ccc2ncc(O[C@@H]3C[C@H]4C(=O)N[C@]5(C(=O)NS(=O)(=O)C6CC6)C[C@H]5/C=C\[C@H](C)CCC[C@@H](C)[C@H](NC(=O)OC(C)(C)C)C(=O)N4C3)nc2c1. The number of aromatic nitrogens is 2. The van der Waals surface area contributed by atoms with Gasteiger partial charge < -0.3 is 29.7 Å². The van der Waals surface area contributed by atoms with E-state index in [2.05, 4.69) is 25.3 Å². The molecule has 6 rings (SSSR count). The zero-order valence-electron chi connectivity index (χ0n) is 31.1. The van der Waals surface area contributed by atoms with Crippen molar-refractivity contribution in [1.82, 2.24) is 30.2 Å². The second-order valence-electron chi connectivity index (χ2n) is 15.9. The Hall–Kier alpha value is -4.47. The molecule has 2 aliphatic heterocycles. The molecule has 4 amide bonds. The van der Waals surface area contributed by atoms with Gasteiger partial charge in [-0.25, -0.2) is 23.2 Å². The fourth-order valence-corrected chi connectivity index (χ4v) is 8.44. The van der Waals surface area contributed by atoms with Crippen molar-refractivity contribution in [3.8, 4) is 11.6 Å². The highest BCUT2D eigenvalue weighted by atomic mass is 32.2. The predicted octanol–water partition coefficient (Wildman–Crippen LogP) is 3.38. The van der Waals surface area contributed by atoms with Crippen LogP contribution in [0.3, 0.4) is 0 Å². The highest BCUT2D eigenvalue weighted by molar-refractivity contribution is 7.91. The Labute approximate surface area is 310 Å². The summed E-state index contributed by atoms with van der Waals surface area (Å²) in [5.41, 5.74) is -1.20. The van der Waals surface area contributed by atoms with Crippen LogP contribution < -0.4 is 24.8 Å². The summed E-state index contributed by atoms with van der Waals surface area (Å²) >= 11 is 0. The highest BCUT2D eigenvalue weighted by Crippen LogP contribution is 2.46. The number of sulfonamides is 1. The monoisotopic (exact) mass is 754 g/mol. The topological polar surface area (TPSA) is 195 Å². The summed E-state index contributed by atoms with van der Waals surface area (Å²) in [6.07, 6.45) is 7.10. The van der Waals surface area contributed by atoms with Crippen LogP contribution in [0.1, 0.15) is 79.6 Å². The molecular weight excluding hydrogens is 705 g/mol. The van der Waals surface area contributed by atoms with E-state index in [1.807, 2.05) is 26.0 Å². The normalized spacial score (nSPS) is 30.1. The van der Waals surface area contributed by atoms with Crippen molar-refractivity contribution in [1.29, 1.82) is 0 Å². The third-order valence-corrected chi connectivity index (χ3v) is 12.1. The van der Waals surface area contributed by atoms with Gasteiger partial charge in [0, 0.05) is 18.4 Å². The maximum Gasteiger partial charge on any atom is 0.408 e. The first-order chi connectivity index (χ1) is 25.0. The molecule has 3 N–H and O–H groups in total. The van der Waals surface area contributed by atoms with Gasteiger partial charge >= 0.3 is 6.09 Å². The number of allylic oxidation sites excluding steroid dienone is 1. The van der Waals surface area contributed by atoms with Crippen LogP contribution in [-0.4, -0.2) is 95.3 Å². The molecule has 2 aliphatic carbocycles. The van der Waals surface area contributed by atoms with Crippen LogP contribution in [0.4, 0.5) is 4.79 Å². The van der Waals surface area contributed by atoms with Crippen LogP contribution in [0.25, 0.3) is 11.0 Å². The molecule has 4 aliphatic rings. The minimum absolute atomic E-state index is 0.0263. The van der Waals surface area contributed by atoms with Crippen molar-refractivity contribution in [3.05, 3.63) is 36.5 Å². The van der Waals surface area contributed by atoms with Gasteiger partial charge in [-0.2, -0.15) is 0 Å². The van der Waals surface area contributed by atoms with Crippen LogP contribution in [0.15, 0.2) is 36.5 Å². The Morgan fingerprint density at radius 1 is 1.06 bits per heavy atom. The van der Waals surface area contributed by atoms with Crippen molar-refractivity contribution in [2.45, 2.75) is 114 Å². The summed E-state index contributed by atoms with van der Waals surface area (Å²) in [7, 11) is -2.36. The average Bonchev–Trinajstić information content (AvgIpc) is 4.01. The molecule has 3 heterocycles. The second-order valence-corrected chi connectivity index (χ2v) is 17.8. The summed E-state index contributed by atoms with van der Waals surface area (Å²) in [6.45, 7) is 9.06. The molecule has 1 aromatic heterocycles. The van der Waals surface area contributed by atoms with E-state index in [9.17, 15) is 27.6 Å². The number of nitrogens with zero attached hydrogens (tertiary/aromatic N) is 3. The van der Waals surface area contributed by atoms with Gasteiger partial charge in [-0.05, 0) is 76.8 Å². The van der Waals surface area contributed by atoms with E-state index in [1.54, 1.807) is 46.1 Å². The number of nitrogens with one attached hydrogen (secondary N) is 3. The summed E-state index contributed by atoms with van der Waals surface area (Å²) in [5, 5.41) is 5.02. The van der Waals surface area contributed by atoms with E-state index < -0.39 is 74.3 Å². The molecule has 0 spiro atoms. The van der Waals surface area contributed by atoms with Crippen molar-refractivity contribution >= 4 is 44.9 Å². The Morgan fingerprint density at radius 2 is 1.81 bits per heavy atom. The molecule has 0 bridgehead atoms. The Morgan fingerprint density at radius 3 is 2.51 bits per heavy atom. The molecule has 7 atom stereocenters. The van der Waals surface area contributed by atoms with E-state index in [4.69, 9.17) is 14.2 Å². The molecule has 53 heavy (non-hydrogen) atoms. The van der Waals surface area contributed by atoms with Gasteiger partial charge in [0.15, 0.2) is 0 Å². The number of fused-ring (bicyclic) bond motifs is 3. The lowest BCUT2D eigenvalue weighted by Crippen LogP contribution is -2.59. The third-order valence-electron chi connectivity index (χ3n) is 10.3. The molecule has 15 nitrogen and oxygen atoms in total. The lowest BCUT2D eigenvalue weighted by Gasteiger charge is -2.32. The molecule has 1 aromatic carbocycles. The van der Waals surface area contributed by atoms with Gasteiger partial charge in [-0.1, -0.05) is 32.4 Å². The molecule has 16 heteroatoms. The second kappa shape index (κ2) is 14.7. The summed E-state index contributed by atoms with van der Waals surface area (Å²) < 4.78 is 45.0. The molecule has 0 radical (unpaired) electrons. The number of methoxy groups -OCH3 is 1. The molecule has 3 fully saturated rings. The van der Waals surface area contributed by atoms with Crippen LogP contribution in [0.5, 0.6) is 11.6 Å². The van der Waals surface area contributed by atoms with Crippen LogP contribution >= 0.6 is 0 Å². The minimum atomic E-state index is -3.90. The molecule has 2 saturated carbocycles. The lowest BCUT2D eigenvalue weighted by atomic mass is 9.92. The minimum Gasteiger partial charge on any atom is -0.497 e. The fraction of sp³-hybridized carbons (Fsp3) is 0.622. The lowest BCUT2D eigenvalue weighted by molar-refractivity contribution is -0.142. The number of carbonyl (C=O) groups excluding carboxylic acids is 4. The smallest absolute Gasteiger partial charge is 0.408 e. The maximum absolute atomic E-state index is 14.6. The van der Waals surface area contributed by atoms with Crippen molar-refractivity contribution in [2.24, 2.45) is 17.8 Å². The highest BCUT2D eigenvalue weighted by Gasteiger charge is 2.62. The number of rotatable bonds is 7. The van der Waals surface area contributed by atoms with Gasteiger partial charge in [-0.15, -0.1) is 0 Å². The molecule has 288 valence electrons. The first kappa shape index (κ1) is 38.3. The fourth-order valence-electron chi connectivity index (χ4n) is 7.08. The van der Waals surface area contributed by atoms with Gasteiger partial charge in [0.25, 0.3) is 5.91 Å². The number of ether oxygens (including phenoxy) is 3. The summed E-state index contributed by atoms with van der Waals surface area (Å²) in [6, 6.07) is 3.07. The van der Waals surface area contributed by atoms with E-state index in [1.165, 1.54) is 11.1 Å². The quantitative estimate of drug-likeness (QED) is 0.351. The zero-order valence-corrected chi connectivity index (χ0v) is 31.9. The number of hydrogen-bond donors (Lipinski definition) is 3. The van der Waals surface area contributed by atoms with Crippen molar-refractivity contribution in [3.63, 3.8) is 0 Å². The number of alkyl carbamates (subject to hydrolysis) is 1. The molecule has 0 unspecified atom stereocenters. The van der Waals surface area contributed by atoms with Gasteiger partial charge in [0.2, 0.25) is 27.7 Å². The van der Waals surface area contributed by atoms with Crippen LogP contribution in [-0.2, 0) is 29.1 Å². The number of hydrogen-bond acceptors (Lipinski definition) is 11. The van der Waals surface area contributed by atoms with E-state index in [0.717, 1.165) is 12.8 Å². The first-order valence-electron chi connectivity index (χ1n) is 18.3. The largest absolute Gasteiger partial charge is 0.497 e. The van der Waals surface area contributed by atoms with Gasteiger partial charge in [-0.3, -0.25) is 19.1 Å². The Balaban J connectivity index is 1.32. The first-order valence-corrected chi connectivity index (χ1v) is 19.9. The molecule has 2 aromatic rings. The van der Waals surface area contributed by atoms with E-state index >= 15 is 0 Å². The average molecular weight is 755 g/mol. The van der Waals surface area contributed by atoms with Gasteiger partial charge in [0.05, 0.1) is 36.1 Å². The Bertz CT molecular complexity index is 1890. The van der Waals surface area contributed by atoms with E-state index in [0.29, 0.717) is 36.0 Å². The van der Waals surface area contributed by atoms with Crippen molar-refractivity contribution < 1.29 is 41.8 Å². The predicted molar refractivity (Wildman–Crippen MR) is 194 cm³/mol. The number of amides is 4. The number of benzene rings is 1. The number of carbonyl (C=O) groups is 4. The molecule has 1 saturated heterocycles. The standard InChI is InChI=1S/C37H50N6O9S/c1-21-8-7-9-22(2)31(40-35(47)52-36(3,4)5)33(45)43-20-25(51-30-19-38-27-15-12-24(50-6)16-28(27)39-30)17-29(43)32(44)41-37(18-23(37)11-10-21)34(46)42-53(48,49)26-13-14-26/h10-12,15-16,19,21-23,25-26,29,31H,7-9,13-14,17-18,20H2,1-6H3,(H,40,47)(H,41,44)(H,42,46)/b11-10-/t21-,22-,23-,25-,29+,31+,37-/m1/s1. The van der Waals surface area contributed by atoms with Crippen LogP contribution in [0.2, 0.25) is 0 Å². The summed E-state index contributed by atoms with van der Waals surface area (Å²) in [5.74, 6) is -1.86. The summed E-state index contributed by atoms with van der Waals surface area (Å²) in [4.78, 5) is 66.2. The van der Waals surface area contributed by atoms with Gasteiger partial charge in [0.1, 0.15) is 35.1 Å². The zero-order chi connectivity index (χ0) is 38.3. The maximum atomic E-state index is 14.6. The third kappa shape index (κ3) is 8.85. The van der Waals surface area contributed by atoms with Crippen LogP contribution in [0, 0.1) is 17.8 Å². The molecular formula is C37H50N6O9S. The van der Waals surface area contributed by atoms with Crippen molar-refractivity contribution in [2.75, 3.05) is 13.7 Å².